The highest BCUT2D eigenvalue weighted by Crippen LogP contribution is 2.43. The van der Waals surface area contributed by atoms with Gasteiger partial charge in [0.25, 0.3) is 0 Å². The van der Waals surface area contributed by atoms with Gasteiger partial charge in [0.1, 0.15) is 19.3 Å². The van der Waals surface area contributed by atoms with Crippen LogP contribution in [0.5, 0.6) is 0 Å². The maximum atomic E-state index is 12.8. The number of phosphoric ester groups is 1. The molecule has 0 aliphatic carbocycles. The summed E-state index contributed by atoms with van der Waals surface area (Å²) in [5.74, 6) is -0.303. The average Bonchev–Trinajstić information content (AvgIpc) is 3.23. The molecule has 0 saturated heterocycles. The molecule has 9 heteroatoms. The van der Waals surface area contributed by atoms with Crippen LogP contribution in [0.3, 0.4) is 0 Å². The quantitative estimate of drug-likeness (QED) is 0.0281. The van der Waals surface area contributed by atoms with E-state index >= 15 is 0 Å². The Morgan fingerprint density at radius 1 is 0.435 bits per heavy atom. The van der Waals surface area contributed by atoms with Gasteiger partial charge in [0.2, 0.25) is 0 Å². The van der Waals surface area contributed by atoms with Crippen molar-refractivity contribution in [3.8, 4) is 0 Å². The number of carbonyl (C=O) groups is 1. The van der Waals surface area contributed by atoms with Gasteiger partial charge >= 0.3 is 13.8 Å². The number of ether oxygens (including phenoxy) is 2. The molecule has 0 aliphatic rings. The number of esters is 1. The number of likely N-dealkylation sites (N-methyl/N-ethyl adjacent to an activating group) is 1. The molecule has 0 spiro atoms. The molecule has 8 nitrogen and oxygen atoms in total. The Morgan fingerprint density at radius 3 is 1.06 bits per heavy atom. The van der Waals surface area contributed by atoms with E-state index < -0.39 is 13.9 Å². The highest BCUT2D eigenvalue weighted by molar-refractivity contribution is 7.47. The topological polar surface area (TPSA) is 91.3 Å². The molecule has 0 aromatic carbocycles. The second-order valence-corrected chi connectivity index (χ2v) is 21.4. The summed E-state index contributed by atoms with van der Waals surface area (Å²) in [4.78, 5) is 23.0. The molecular weight excluding hydrogens is 794 g/mol. The normalized spacial score (nSPS) is 13.5. The van der Waals surface area contributed by atoms with Crippen LogP contribution < -0.4 is 0 Å². The zero-order chi connectivity index (χ0) is 45.5. The van der Waals surface area contributed by atoms with Gasteiger partial charge in [-0.05, 0) is 12.8 Å². The van der Waals surface area contributed by atoms with Crippen LogP contribution in [-0.2, 0) is 27.9 Å². The number of nitrogens with zero attached hydrogens (tertiary/aromatic N) is 1. The van der Waals surface area contributed by atoms with Crippen LogP contribution in [0.4, 0.5) is 0 Å². The van der Waals surface area contributed by atoms with E-state index in [1.54, 1.807) is 0 Å². The van der Waals surface area contributed by atoms with Crippen molar-refractivity contribution in [2.45, 2.75) is 283 Å². The van der Waals surface area contributed by atoms with Crippen LogP contribution >= 0.6 is 7.82 Å². The number of carbonyl (C=O) groups excluding carboxylic acids is 1. The Bertz CT molecular complexity index is 961. The van der Waals surface area contributed by atoms with Gasteiger partial charge in [-0.15, -0.1) is 0 Å². The Morgan fingerprint density at radius 2 is 0.742 bits per heavy atom. The van der Waals surface area contributed by atoms with Gasteiger partial charge in [-0.3, -0.25) is 13.8 Å². The minimum Gasteiger partial charge on any atom is -0.457 e. The van der Waals surface area contributed by atoms with E-state index in [-0.39, 0.29) is 25.8 Å². The third-order valence-corrected chi connectivity index (χ3v) is 13.4. The van der Waals surface area contributed by atoms with Gasteiger partial charge in [0.15, 0.2) is 0 Å². The number of phosphoric acid groups is 1. The second-order valence-electron chi connectivity index (χ2n) is 20.0. The summed E-state index contributed by atoms with van der Waals surface area (Å²) in [6.07, 6.45) is 52.9. The molecule has 62 heavy (non-hydrogen) atoms. The fourth-order valence-corrected chi connectivity index (χ4v) is 8.95. The first-order valence-electron chi connectivity index (χ1n) is 27.3. The maximum absolute atomic E-state index is 12.8. The van der Waals surface area contributed by atoms with Crippen LogP contribution in [0.2, 0.25) is 0 Å². The molecule has 0 fully saturated rings. The number of hydrogen-bond donors (Lipinski definition) is 1. The fourth-order valence-electron chi connectivity index (χ4n) is 8.20. The van der Waals surface area contributed by atoms with E-state index in [0.717, 1.165) is 32.1 Å². The summed E-state index contributed by atoms with van der Waals surface area (Å²) in [5.41, 5.74) is 0. The van der Waals surface area contributed by atoms with Gasteiger partial charge in [-0.25, -0.2) is 4.57 Å². The minimum atomic E-state index is -4.27. The van der Waals surface area contributed by atoms with Crippen LogP contribution in [0.1, 0.15) is 277 Å². The predicted octanol–water partition coefficient (Wildman–Crippen LogP) is 16.8. The smallest absolute Gasteiger partial charge is 0.457 e. The molecule has 1 N–H and O–H groups in total. The first-order valence-corrected chi connectivity index (χ1v) is 28.8. The summed E-state index contributed by atoms with van der Waals surface area (Å²) in [7, 11) is 1.69. The molecule has 2 unspecified atom stereocenters. The predicted molar refractivity (Wildman–Crippen MR) is 266 cm³/mol. The number of quaternary nitrogens is 1. The van der Waals surface area contributed by atoms with E-state index in [1.165, 1.54) is 225 Å². The lowest BCUT2D eigenvalue weighted by atomic mass is 10.0. The first kappa shape index (κ1) is 61.5. The van der Waals surface area contributed by atoms with E-state index in [9.17, 15) is 14.3 Å². The van der Waals surface area contributed by atoms with Crippen molar-refractivity contribution in [2.75, 3.05) is 54.1 Å². The highest BCUT2D eigenvalue weighted by Gasteiger charge is 2.26. The van der Waals surface area contributed by atoms with Crippen molar-refractivity contribution in [2.24, 2.45) is 0 Å². The molecule has 0 saturated carbocycles. The summed E-state index contributed by atoms with van der Waals surface area (Å²) in [6.45, 7) is 5.71. The van der Waals surface area contributed by atoms with Crippen molar-refractivity contribution in [3.05, 3.63) is 0 Å². The molecule has 2 atom stereocenters. The Balaban J connectivity index is 4.05. The van der Waals surface area contributed by atoms with Gasteiger partial charge in [0.05, 0.1) is 34.4 Å². The van der Waals surface area contributed by atoms with E-state index in [0.29, 0.717) is 24.1 Å². The summed E-state index contributed by atoms with van der Waals surface area (Å²) in [5, 5.41) is 0. The van der Waals surface area contributed by atoms with Crippen molar-refractivity contribution in [1.82, 2.24) is 0 Å². The third kappa shape index (κ3) is 50.5. The largest absolute Gasteiger partial charge is 0.472 e. The molecule has 0 aliphatic heterocycles. The first-order chi connectivity index (χ1) is 30.1. The lowest BCUT2D eigenvalue weighted by Crippen LogP contribution is -2.37. The van der Waals surface area contributed by atoms with Crippen LogP contribution in [-0.4, -0.2) is 75.6 Å². The molecular formula is C53H109NO7P+. The molecule has 0 aromatic rings. The van der Waals surface area contributed by atoms with Crippen molar-refractivity contribution in [1.29, 1.82) is 0 Å². The molecule has 372 valence electrons. The standard InChI is InChI=1S/C53H108NO7P/c1-6-8-10-12-14-16-18-20-22-24-26-27-28-30-32-34-36-38-40-42-44-46-53(55)61-52(51-60-62(56,57)59-49-47-54(3,4)5)50-58-48-45-43-41-39-37-35-33-31-29-25-23-21-19-17-15-13-11-9-7-2/h52H,6-51H2,1-5H3/p+1. The summed E-state index contributed by atoms with van der Waals surface area (Å²) >= 11 is 0. The zero-order valence-corrected chi connectivity index (χ0v) is 43.3. The average molecular weight is 903 g/mol. The summed E-state index contributed by atoms with van der Waals surface area (Å²) in [6, 6.07) is 0. The highest BCUT2D eigenvalue weighted by atomic mass is 31.2. The van der Waals surface area contributed by atoms with Gasteiger partial charge in [-0.2, -0.15) is 0 Å². The lowest BCUT2D eigenvalue weighted by Gasteiger charge is -2.24. The Hall–Kier alpha value is -0.500. The lowest BCUT2D eigenvalue weighted by molar-refractivity contribution is -0.870. The minimum absolute atomic E-state index is 0.0944. The molecule has 0 bridgehead atoms. The third-order valence-electron chi connectivity index (χ3n) is 12.4. The van der Waals surface area contributed by atoms with Gasteiger partial charge in [-0.1, -0.05) is 258 Å². The molecule has 0 radical (unpaired) electrons. The summed E-state index contributed by atoms with van der Waals surface area (Å²) < 4.78 is 35.2. The van der Waals surface area contributed by atoms with Gasteiger partial charge in [0, 0.05) is 13.0 Å². The maximum Gasteiger partial charge on any atom is 0.472 e. The Labute approximate surface area is 387 Å². The molecule has 0 amide bonds. The van der Waals surface area contributed by atoms with Crippen LogP contribution in [0, 0.1) is 0 Å². The fraction of sp³-hybridized carbons (Fsp3) is 0.981. The van der Waals surface area contributed by atoms with E-state index in [4.69, 9.17) is 18.5 Å². The van der Waals surface area contributed by atoms with Crippen molar-refractivity contribution < 1.29 is 37.3 Å². The van der Waals surface area contributed by atoms with Gasteiger partial charge < -0.3 is 18.9 Å². The zero-order valence-electron chi connectivity index (χ0n) is 42.4. The van der Waals surface area contributed by atoms with Crippen LogP contribution in [0.15, 0.2) is 0 Å². The Kier molecular flexibility index (Phi) is 46.6. The molecule has 0 heterocycles. The van der Waals surface area contributed by atoms with Crippen LogP contribution in [0.25, 0.3) is 0 Å². The van der Waals surface area contributed by atoms with E-state index in [1.807, 2.05) is 21.1 Å². The number of hydrogen-bond acceptors (Lipinski definition) is 6. The number of unbranched alkanes of at least 4 members (excludes halogenated alkanes) is 38. The molecule has 0 rings (SSSR count). The van der Waals surface area contributed by atoms with Crippen molar-refractivity contribution in [3.63, 3.8) is 0 Å². The second kappa shape index (κ2) is 47.0. The number of rotatable bonds is 52. The SMILES string of the molecule is CCCCCCCCCCCCCCCCCCCCCCCC(=O)OC(COCCCCCCCCCCCCCCCCCCCCC)COP(=O)(O)OCC[N+](C)(C)C. The monoisotopic (exact) mass is 903 g/mol. The van der Waals surface area contributed by atoms with Crippen molar-refractivity contribution >= 4 is 13.8 Å². The van der Waals surface area contributed by atoms with E-state index in [2.05, 4.69) is 13.8 Å². The molecule has 0 aromatic heterocycles.